The lowest BCUT2D eigenvalue weighted by Crippen LogP contribution is -2.02. The Morgan fingerprint density at radius 1 is 1.57 bits per heavy atom. The number of hydrogen-bond donors (Lipinski definition) is 1. The molecule has 0 atom stereocenters. The lowest BCUT2D eigenvalue weighted by atomic mass is 10.2. The van der Waals surface area contributed by atoms with Gasteiger partial charge in [-0.2, -0.15) is 0 Å². The van der Waals surface area contributed by atoms with Crippen LogP contribution < -0.4 is 5.32 Å². The maximum Gasteiger partial charge on any atom is 0.0502 e. The molecule has 1 N–H and O–H groups in total. The Hall–Kier alpha value is -0.470. The molecule has 0 radical (unpaired) electrons. The van der Waals surface area contributed by atoms with Crippen LogP contribution in [0.25, 0.3) is 0 Å². The molecule has 14 heavy (non-hydrogen) atoms. The molecule has 0 aromatic heterocycles. The van der Waals surface area contributed by atoms with Crippen molar-refractivity contribution in [2.45, 2.75) is 13.8 Å². The van der Waals surface area contributed by atoms with Gasteiger partial charge in [0, 0.05) is 16.0 Å². The van der Waals surface area contributed by atoms with E-state index in [0.717, 1.165) is 32.9 Å². The van der Waals surface area contributed by atoms with Crippen LogP contribution >= 0.6 is 27.5 Å². The molecule has 0 spiro atoms. The first-order valence-corrected chi connectivity index (χ1v) is 5.51. The summed E-state index contributed by atoms with van der Waals surface area (Å²) in [6.07, 6.45) is 0. The van der Waals surface area contributed by atoms with Crippen molar-refractivity contribution in [1.82, 2.24) is 0 Å². The second-order valence-electron chi connectivity index (χ2n) is 3.39. The summed E-state index contributed by atoms with van der Waals surface area (Å²) >= 11 is 9.50. The average molecular weight is 275 g/mol. The Labute approximate surface area is 98.3 Å². The zero-order chi connectivity index (χ0) is 10.7. The molecule has 3 heteroatoms. The fourth-order valence-electron chi connectivity index (χ4n) is 1.03. The van der Waals surface area contributed by atoms with Gasteiger partial charge in [0.2, 0.25) is 0 Å². The fraction of sp³-hybridized carbons (Fsp3) is 0.273. The third kappa shape index (κ3) is 3.03. The van der Waals surface area contributed by atoms with Gasteiger partial charge >= 0.3 is 0 Å². The van der Waals surface area contributed by atoms with Crippen molar-refractivity contribution < 1.29 is 0 Å². The predicted octanol–water partition coefficient (Wildman–Crippen LogP) is 4.40. The van der Waals surface area contributed by atoms with Crippen LogP contribution in [-0.2, 0) is 0 Å². The highest BCUT2D eigenvalue weighted by Crippen LogP contribution is 2.29. The Morgan fingerprint density at radius 2 is 2.21 bits per heavy atom. The van der Waals surface area contributed by atoms with E-state index in [-0.39, 0.29) is 0 Å². The molecule has 0 aliphatic heterocycles. The highest BCUT2D eigenvalue weighted by molar-refractivity contribution is 9.10. The second-order valence-corrected chi connectivity index (χ2v) is 4.65. The monoisotopic (exact) mass is 273 g/mol. The molecule has 0 unspecified atom stereocenters. The normalized spacial score (nSPS) is 10.0. The van der Waals surface area contributed by atoms with Gasteiger partial charge in [0.1, 0.15) is 0 Å². The molecule has 1 nitrogen and oxygen atoms in total. The van der Waals surface area contributed by atoms with Gasteiger partial charge in [-0.05, 0) is 47.5 Å². The summed E-state index contributed by atoms with van der Waals surface area (Å²) in [5, 5.41) is 4.02. The summed E-state index contributed by atoms with van der Waals surface area (Å²) in [5.74, 6) is 0. The Balaban J connectivity index is 2.87. The molecule has 76 valence electrons. The molecule has 1 rings (SSSR count). The van der Waals surface area contributed by atoms with Crippen LogP contribution in [0.1, 0.15) is 12.5 Å². The molecule has 0 saturated heterocycles. The topological polar surface area (TPSA) is 12.0 Å². The molecule has 0 bridgehead atoms. The van der Waals surface area contributed by atoms with E-state index in [1.165, 1.54) is 0 Å². The number of aryl methyl sites for hydroxylation is 1. The van der Waals surface area contributed by atoms with E-state index in [2.05, 4.69) is 27.8 Å². The van der Waals surface area contributed by atoms with Crippen LogP contribution in [0, 0.1) is 6.92 Å². The summed E-state index contributed by atoms with van der Waals surface area (Å²) in [5.41, 5.74) is 3.16. The minimum atomic E-state index is 0.762. The van der Waals surface area contributed by atoms with Crippen molar-refractivity contribution in [2.75, 3.05) is 11.9 Å². The van der Waals surface area contributed by atoms with E-state index >= 15 is 0 Å². The van der Waals surface area contributed by atoms with Crippen molar-refractivity contribution in [3.8, 4) is 0 Å². The maximum atomic E-state index is 6.02. The molecule has 0 heterocycles. The van der Waals surface area contributed by atoms with Crippen molar-refractivity contribution in [3.63, 3.8) is 0 Å². The first-order chi connectivity index (χ1) is 6.50. The summed E-state index contributed by atoms with van der Waals surface area (Å²) in [7, 11) is 0. The Morgan fingerprint density at radius 3 is 2.79 bits per heavy atom. The number of halogens is 2. The molecule has 0 aliphatic carbocycles. The number of rotatable bonds is 3. The predicted molar refractivity (Wildman–Crippen MR) is 67.2 cm³/mol. The number of benzene rings is 1. The van der Waals surface area contributed by atoms with Crippen LogP contribution in [0.15, 0.2) is 28.8 Å². The van der Waals surface area contributed by atoms with Crippen molar-refractivity contribution in [1.29, 1.82) is 0 Å². The number of anilines is 1. The van der Waals surface area contributed by atoms with E-state index in [4.69, 9.17) is 11.6 Å². The van der Waals surface area contributed by atoms with Crippen molar-refractivity contribution in [2.24, 2.45) is 0 Å². The Kier molecular flexibility index (Phi) is 4.02. The molecular weight excluding hydrogens is 261 g/mol. The number of nitrogens with one attached hydrogen (secondary N) is 1. The molecule has 0 fully saturated rings. The van der Waals surface area contributed by atoms with E-state index in [1.807, 2.05) is 26.0 Å². The number of hydrogen-bond acceptors (Lipinski definition) is 1. The SMILES string of the molecule is C=C(C)CNc1cc(Cl)c(C)cc1Br. The van der Waals surface area contributed by atoms with Gasteiger partial charge in [-0.1, -0.05) is 23.8 Å². The lowest BCUT2D eigenvalue weighted by Gasteiger charge is -2.10. The molecule has 1 aromatic rings. The summed E-state index contributed by atoms with van der Waals surface area (Å²) in [4.78, 5) is 0. The van der Waals surface area contributed by atoms with Crippen LogP contribution in [0.2, 0.25) is 5.02 Å². The summed E-state index contributed by atoms with van der Waals surface area (Å²) in [6.45, 7) is 8.56. The first kappa shape index (κ1) is 11.6. The van der Waals surface area contributed by atoms with Gasteiger partial charge in [0.15, 0.2) is 0 Å². The van der Waals surface area contributed by atoms with Crippen LogP contribution in [0.3, 0.4) is 0 Å². The van der Waals surface area contributed by atoms with Gasteiger partial charge in [-0.15, -0.1) is 0 Å². The van der Waals surface area contributed by atoms with E-state index < -0.39 is 0 Å². The minimum absolute atomic E-state index is 0.762. The average Bonchev–Trinajstić information content (AvgIpc) is 2.09. The van der Waals surface area contributed by atoms with Gasteiger partial charge in [0.05, 0.1) is 5.69 Å². The highest BCUT2D eigenvalue weighted by Gasteiger charge is 2.03. The fourth-order valence-corrected chi connectivity index (χ4v) is 1.79. The van der Waals surface area contributed by atoms with Crippen LogP contribution in [-0.4, -0.2) is 6.54 Å². The molecule has 0 aliphatic rings. The molecule has 0 amide bonds. The third-order valence-corrected chi connectivity index (χ3v) is 2.89. The maximum absolute atomic E-state index is 6.02. The lowest BCUT2D eigenvalue weighted by molar-refractivity contribution is 1.21. The third-order valence-electron chi connectivity index (χ3n) is 1.83. The summed E-state index contributed by atoms with van der Waals surface area (Å²) < 4.78 is 1.03. The van der Waals surface area contributed by atoms with Crippen molar-refractivity contribution in [3.05, 3.63) is 39.3 Å². The van der Waals surface area contributed by atoms with Gasteiger partial charge in [0.25, 0.3) is 0 Å². The van der Waals surface area contributed by atoms with E-state index in [1.54, 1.807) is 0 Å². The highest BCUT2D eigenvalue weighted by atomic mass is 79.9. The van der Waals surface area contributed by atoms with Crippen LogP contribution in [0.5, 0.6) is 0 Å². The van der Waals surface area contributed by atoms with E-state index in [9.17, 15) is 0 Å². The molecular formula is C11H13BrClN. The van der Waals surface area contributed by atoms with Gasteiger partial charge in [-0.3, -0.25) is 0 Å². The molecule has 1 aromatic carbocycles. The second kappa shape index (κ2) is 4.85. The zero-order valence-electron chi connectivity index (χ0n) is 8.32. The van der Waals surface area contributed by atoms with Gasteiger partial charge in [-0.25, -0.2) is 0 Å². The summed E-state index contributed by atoms with van der Waals surface area (Å²) in [6, 6.07) is 3.92. The standard InChI is InChI=1S/C11H13BrClN/c1-7(2)6-14-11-5-10(13)8(3)4-9(11)12/h4-5,14H,1,6H2,2-3H3. The quantitative estimate of drug-likeness (QED) is 0.806. The molecule has 0 saturated carbocycles. The largest absolute Gasteiger partial charge is 0.380 e. The minimum Gasteiger partial charge on any atom is -0.380 e. The Bertz CT molecular complexity index is 361. The van der Waals surface area contributed by atoms with E-state index in [0.29, 0.717) is 0 Å². The zero-order valence-corrected chi connectivity index (χ0v) is 10.7. The van der Waals surface area contributed by atoms with Gasteiger partial charge < -0.3 is 5.32 Å². The smallest absolute Gasteiger partial charge is 0.0502 e. The van der Waals surface area contributed by atoms with Crippen LogP contribution in [0.4, 0.5) is 5.69 Å². The van der Waals surface area contributed by atoms with Crippen molar-refractivity contribution >= 4 is 33.2 Å². The first-order valence-electron chi connectivity index (χ1n) is 4.34.